The second-order valence-electron chi connectivity index (χ2n) is 5.37. The van der Waals surface area contributed by atoms with Crippen LogP contribution in [0.5, 0.6) is 0 Å². The number of pyridine rings is 1. The molecule has 0 amide bonds. The molecule has 0 radical (unpaired) electrons. The van der Waals surface area contributed by atoms with Crippen molar-refractivity contribution in [2.45, 2.75) is 13.5 Å². The van der Waals surface area contributed by atoms with Crippen molar-refractivity contribution in [3.05, 3.63) is 59.2 Å². The number of aryl methyl sites for hydroxylation is 1. The summed E-state index contributed by atoms with van der Waals surface area (Å²) in [6.07, 6.45) is 2.76. The van der Waals surface area contributed by atoms with Gasteiger partial charge in [0, 0.05) is 19.2 Å². The van der Waals surface area contributed by atoms with Gasteiger partial charge in [-0.15, -0.1) is 10.2 Å². The lowest BCUT2D eigenvalue weighted by Gasteiger charge is -2.12. The standard InChI is InChI=1S/C17H18FN7/c1-11-4-3-5-14(18)13(11)8-21-15-7-6-12(16(20-2)22-9-19)17-24-23-10-25(15)17/h3-7,9-10,21H,8H2,1-2H3,(H2,19,20,22). The quantitative estimate of drug-likeness (QED) is 0.563. The maximum atomic E-state index is 14.0. The lowest BCUT2D eigenvalue weighted by molar-refractivity contribution is 0.611. The van der Waals surface area contributed by atoms with E-state index in [1.807, 2.05) is 25.1 Å². The van der Waals surface area contributed by atoms with Crippen molar-refractivity contribution < 1.29 is 4.39 Å². The highest BCUT2D eigenvalue weighted by Crippen LogP contribution is 2.19. The summed E-state index contributed by atoms with van der Waals surface area (Å²) < 4.78 is 15.8. The van der Waals surface area contributed by atoms with E-state index < -0.39 is 0 Å². The van der Waals surface area contributed by atoms with Crippen molar-refractivity contribution >= 4 is 23.6 Å². The van der Waals surface area contributed by atoms with E-state index in [1.54, 1.807) is 23.8 Å². The Morgan fingerprint density at radius 3 is 2.92 bits per heavy atom. The molecule has 1 aromatic carbocycles. The molecule has 0 aliphatic carbocycles. The van der Waals surface area contributed by atoms with Gasteiger partial charge in [0.25, 0.3) is 0 Å². The van der Waals surface area contributed by atoms with Crippen LogP contribution in [0.1, 0.15) is 16.7 Å². The van der Waals surface area contributed by atoms with Gasteiger partial charge in [0.05, 0.1) is 11.9 Å². The average molecular weight is 339 g/mol. The Kier molecular flexibility index (Phi) is 4.69. The molecule has 0 bridgehead atoms. The lowest BCUT2D eigenvalue weighted by Crippen LogP contribution is -2.09. The number of hydrogen-bond acceptors (Lipinski definition) is 4. The molecule has 0 saturated carbocycles. The third-order valence-corrected chi connectivity index (χ3v) is 3.90. The molecular weight excluding hydrogens is 321 g/mol. The number of halogens is 1. The Morgan fingerprint density at radius 2 is 2.20 bits per heavy atom. The lowest BCUT2D eigenvalue weighted by atomic mass is 10.1. The number of rotatable bonds is 4. The highest BCUT2D eigenvalue weighted by atomic mass is 19.1. The fourth-order valence-corrected chi connectivity index (χ4v) is 2.62. The summed E-state index contributed by atoms with van der Waals surface area (Å²) in [7, 11) is 1.63. The molecular formula is C17H18FN7. The summed E-state index contributed by atoms with van der Waals surface area (Å²) >= 11 is 0. The van der Waals surface area contributed by atoms with E-state index in [0.29, 0.717) is 29.2 Å². The minimum absolute atomic E-state index is 0.234. The summed E-state index contributed by atoms with van der Waals surface area (Å²) in [4.78, 5) is 8.15. The third kappa shape index (κ3) is 3.18. The van der Waals surface area contributed by atoms with Gasteiger partial charge in [0.1, 0.15) is 18.0 Å². The van der Waals surface area contributed by atoms with Gasteiger partial charge in [-0.1, -0.05) is 12.1 Å². The first kappa shape index (κ1) is 16.6. The van der Waals surface area contributed by atoms with Crippen molar-refractivity contribution in [3.63, 3.8) is 0 Å². The second kappa shape index (κ2) is 7.08. The van der Waals surface area contributed by atoms with E-state index in [4.69, 9.17) is 5.73 Å². The monoisotopic (exact) mass is 339 g/mol. The minimum Gasteiger partial charge on any atom is -0.390 e. The minimum atomic E-state index is -0.234. The molecule has 2 aromatic heterocycles. The zero-order valence-corrected chi connectivity index (χ0v) is 13.9. The number of nitrogens with one attached hydrogen (secondary N) is 1. The number of aliphatic imine (C=N–C) groups is 2. The number of fused-ring (bicyclic) bond motifs is 1. The number of hydrogen-bond donors (Lipinski definition) is 2. The van der Waals surface area contributed by atoms with Crippen molar-refractivity contribution in [2.75, 3.05) is 12.4 Å². The summed E-state index contributed by atoms with van der Waals surface area (Å²) in [5.74, 6) is 0.956. The van der Waals surface area contributed by atoms with Gasteiger partial charge in [0.15, 0.2) is 11.5 Å². The Hall–Kier alpha value is -3.29. The van der Waals surface area contributed by atoms with E-state index in [2.05, 4.69) is 25.5 Å². The molecule has 0 aliphatic rings. The van der Waals surface area contributed by atoms with Crippen LogP contribution in [-0.4, -0.2) is 33.8 Å². The SMILES string of the molecule is CN=C(N=CN)c1ccc(NCc2c(C)cccc2F)n2cnnc12. The normalized spacial score (nSPS) is 12.2. The molecule has 0 fully saturated rings. The molecule has 0 spiro atoms. The van der Waals surface area contributed by atoms with Crippen LogP contribution in [0.4, 0.5) is 10.2 Å². The number of aromatic nitrogens is 3. The van der Waals surface area contributed by atoms with Crippen LogP contribution in [-0.2, 0) is 6.54 Å². The summed E-state index contributed by atoms with van der Waals surface area (Å²) in [5.41, 5.74) is 8.17. The van der Waals surface area contributed by atoms with Crippen molar-refractivity contribution in [3.8, 4) is 0 Å². The first-order chi connectivity index (χ1) is 12.2. The van der Waals surface area contributed by atoms with E-state index in [0.717, 1.165) is 11.4 Å². The summed E-state index contributed by atoms with van der Waals surface area (Å²) in [5, 5.41) is 11.3. The molecule has 0 aliphatic heterocycles. The number of benzene rings is 1. The maximum absolute atomic E-state index is 14.0. The molecule has 3 aromatic rings. The van der Waals surface area contributed by atoms with Gasteiger partial charge in [-0.25, -0.2) is 9.38 Å². The van der Waals surface area contributed by atoms with Crippen molar-refractivity contribution in [2.24, 2.45) is 15.7 Å². The predicted octanol–water partition coefficient (Wildman–Crippen LogP) is 2.15. The average Bonchev–Trinajstić information content (AvgIpc) is 3.09. The van der Waals surface area contributed by atoms with Crippen LogP contribution in [0, 0.1) is 12.7 Å². The third-order valence-electron chi connectivity index (χ3n) is 3.90. The highest BCUT2D eigenvalue weighted by molar-refractivity contribution is 6.07. The van der Waals surface area contributed by atoms with E-state index in [1.165, 1.54) is 12.4 Å². The topological polar surface area (TPSA) is 93.0 Å². The molecule has 2 heterocycles. The Balaban J connectivity index is 1.95. The van der Waals surface area contributed by atoms with Crippen LogP contribution in [0.25, 0.3) is 5.65 Å². The Morgan fingerprint density at radius 1 is 1.36 bits per heavy atom. The molecule has 0 atom stereocenters. The smallest absolute Gasteiger partial charge is 0.173 e. The first-order valence-electron chi connectivity index (χ1n) is 7.67. The number of nitrogens with two attached hydrogens (primary N) is 1. The van der Waals surface area contributed by atoms with Crippen LogP contribution in [0.15, 0.2) is 46.6 Å². The van der Waals surface area contributed by atoms with Crippen LogP contribution in [0.3, 0.4) is 0 Å². The number of amidine groups is 1. The molecule has 3 N–H and O–H groups in total. The van der Waals surface area contributed by atoms with E-state index in [9.17, 15) is 4.39 Å². The van der Waals surface area contributed by atoms with Gasteiger partial charge >= 0.3 is 0 Å². The molecule has 0 unspecified atom stereocenters. The maximum Gasteiger partial charge on any atom is 0.173 e. The largest absolute Gasteiger partial charge is 0.390 e. The zero-order valence-electron chi connectivity index (χ0n) is 13.9. The first-order valence-corrected chi connectivity index (χ1v) is 7.67. The molecule has 0 saturated heterocycles. The highest BCUT2D eigenvalue weighted by Gasteiger charge is 2.13. The van der Waals surface area contributed by atoms with Crippen molar-refractivity contribution in [1.82, 2.24) is 14.6 Å². The molecule has 3 rings (SSSR count). The van der Waals surface area contributed by atoms with Gasteiger partial charge in [-0.2, -0.15) is 0 Å². The zero-order chi connectivity index (χ0) is 17.8. The molecule has 25 heavy (non-hydrogen) atoms. The van der Waals surface area contributed by atoms with Gasteiger partial charge in [-0.3, -0.25) is 9.39 Å². The molecule has 8 heteroatoms. The fourth-order valence-electron chi connectivity index (χ4n) is 2.62. The Labute approximate surface area is 144 Å². The van der Waals surface area contributed by atoms with E-state index in [-0.39, 0.29) is 5.82 Å². The van der Waals surface area contributed by atoms with E-state index >= 15 is 0 Å². The van der Waals surface area contributed by atoms with Gasteiger partial charge in [0.2, 0.25) is 0 Å². The van der Waals surface area contributed by atoms with Crippen LogP contribution in [0.2, 0.25) is 0 Å². The summed E-state index contributed by atoms with van der Waals surface area (Å²) in [6.45, 7) is 2.23. The van der Waals surface area contributed by atoms with Crippen LogP contribution >= 0.6 is 0 Å². The molecule has 7 nitrogen and oxygen atoms in total. The number of anilines is 1. The van der Waals surface area contributed by atoms with Gasteiger partial charge < -0.3 is 11.1 Å². The van der Waals surface area contributed by atoms with Gasteiger partial charge in [-0.05, 0) is 30.7 Å². The van der Waals surface area contributed by atoms with Crippen LogP contribution < -0.4 is 11.1 Å². The predicted molar refractivity (Wildman–Crippen MR) is 96.6 cm³/mol. The Bertz CT molecular complexity index is 939. The number of nitrogens with zero attached hydrogens (tertiary/aromatic N) is 5. The molecule has 128 valence electrons. The second-order valence-corrected chi connectivity index (χ2v) is 5.37. The fraction of sp³-hybridized carbons (Fsp3) is 0.176. The summed E-state index contributed by atoms with van der Waals surface area (Å²) in [6, 6.07) is 8.71. The van der Waals surface area contributed by atoms with Crippen molar-refractivity contribution in [1.29, 1.82) is 0 Å².